The topological polar surface area (TPSA) is 24.9 Å². The second-order valence-corrected chi connectivity index (χ2v) is 5.28. The quantitative estimate of drug-likeness (QED) is 0.830. The number of thioether (sulfide) groups is 1. The van der Waals surface area contributed by atoms with Crippen molar-refractivity contribution in [2.24, 2.45) is 0 Å². The number of hydrogen-bond acceptors (Lipinski definition) is 4. The van der Waals surface area contributed by atoms with Crippen molar-refractivity contribution >= 4 is 40.5 Å². The lowest BCUT2D eigenvalue weighted by Crippen LogP contribution is -2.18. The van der Waals surface area contributed by atoms with Gasteiger partial charge in [0.05, 0.1) is 0 Å². The fourth-order valence-corrected chi connectivity index (χ4v) is 3.03. The molecule has 0 aromatic carbocycles. The lowest BCUT2D eigenvalue weighted by Gasteiger charge is -2.08. The van der Waals surface area contributed by atoms with Gasteiger partial charge < -0.3 is 5.32 Å². The average Bonchev–Trinajstić information content (AvgIpc) is 2.63. The second kappa shape index (κ2) is 3.85. The highest BCUT2D eigenvalue weighted by Gasteiger charge is 2.15. The van der Waals surface area contributed by atoms with E-state index in [-0.39, 0.29) is 0 Å². The van der Waals surface area contributed by atoms with Crippen molar-refractivity contribution < 1.29 is 0 Å². The van der Waals surface area contributed by atoms with Crippen LogP contribution in [0.2, 0.25) is 4.47 Å². The smallest absolute Gasteiger partial charge is 0.185 e. The minimum absolute atomic E-state index is 0.591. The first kappa shape index (κ1) is 8.66. The lowest BCUT2D eigenvalue weighted by atomic mass is 10.3. The molecule has 1 aliphatic heterocycles. The van der Waals surface area contributed by atoms with Crippen LogP contribution < -0.4 is 5.32 Å². The van der Waals surface area contributed by atoms with E-state index in [0.717, 1.165) is 5.82 Å². The van der Waals surface area contributed by atoms with Gasteiger partial charge in [-0.15, -0.1) is 11.3 Å². The summed E-state index contributed by atoms with van der Waals surface area (Å²) in [6.07, 6.45) is 1.24. The summed E-state index contributed by atoms with van der Waals surface area (Å²) in [6.45, 7) is 0. The van der Waals surface area contributed by atoms with E-state index in [2.05, 4.69) is 10.3 Å². The van der Waals surface area contributed by atoms with Crippen molar-refractivity contribution in [3.63, 3.8) is 0 Å². The van der Waals surface area contributed by atoms with Crippen LogP contribution in [0, 0.1) is 0 Å². The molecule has 66 valence electrons. The summed E-state index contributed by atoms with van der Waals surface area (Å²) >= 11 is 9.17. The van der Waals surface area contributed by atoms with E-state index in [1.807, 2.05) is 17.1 Å². The molecule has 1 aromatic rings. The van der Waals surface area contributed by atoms with Gasteiger partial charge in [0.1, 0.15) is 5.82 Å². The zero-order valence-corrected chi connectivity index (χ0v) is 8.81. The Morgan fingerprint density at radius 3 is 3.17 bits per heavy atom. The SMILES string of the molecule is Clc1nc(NC2CCSC2)cs1. The number of nitrogens with zero attached hydrogens (tertiary/aromatic N) is 1. The molecule has 1 fully saturated rings. The molecule has 2 nitrogen and oxygen atoms in total. The van der Waals surface area contributed by atoms with Crippen LogP contribution in [-0.4, -0.2) is 22.5 Å². The molecule has 1 atom stereocenters. The first-order valence-electron chi connectivity index (χ1n) is 3.80. The van der Waals surface area contributed by atoms with Gasteiger partial charge in [0.15, 0.2) is 4.47 Å². The minimum Gasteiger partial charge on any atom is -0.366 e. The zero-order chi connectivity index (χ0) is 8.39. The van der Waals surface area contributed by atoms with Crippen LogP contribution in [0.1, 0.15) is 6.42 Å². The summed E-state index contributed by atoms with van der Waals surface area (Å²) in [4.78, 5) is 4.14. The first-order valence-corrected chi connectivity index (χ1v) is 6.21. The Kier molecular flexibility index (Phi) is 2.78. The third-order valence-electron chi connectivity index (χ3n) is 1.76. The molecule has 2 heterocycles. The highest BCUT2D eigenvalue weighted by atomic mass is 35.5. The number of nitrogens with one attached hydrogen (secondary N) is 1. The third kappa shape index (κ3) is 2.06. The van der Waals surface area contributed by atoms with Crippen molar-refractivity contribution in [1.29, 1.82) is 0 Å². The van der Waals surface area contributed by atoms with E-state index >= 15 is 0 Å². The van der Waals surface area contributed by atoms with Crippen LogP contribution in [0.4, 0.5) is 5.82 Å². The molecular formula is C7H9ClN2S2. The van der Waals surface area contributed by atoms with Gasteiger partial charge in [0.2, 0.25) is 0 Å². The Morgan fingerprint density at radius 2 is 2.58 bits per heavy atom. The molecule has 0 spiro atoms. The Bertz CT molecular complexity index is 258. The van der Waals surface area contributed by atoms with Gasteiger partial charge in [-0.2, -0.15) is 11.8 Å². The third-order valence-corrected chi connectivity index (χ3v) is 3.90. The maximum atomic E-state index is 5.71. The number of anilines is 1. The molecule has 0 aliphatic carbocycles. The molecule has 12 heavy (non-hydrogen) atoms. The van der Waals surface area contributed by atoms with Crippen molar-refractivity contribution in [1.82, 2.24) is 4.98 Å². The molecule has 1 saturated heterocycles. The maximum absolute atomic E-state index is 5.71. The van der Waals surface area contributed by atoms with Gasteiger partial charge in [-0.3, -0.25) is 0 Å². The average molecular weight is 221 g/mol. The molecular weight excluding hydrogens is 212 g/mol. The predicted octanol–water partition coefficient (Wildman–Crippen LogP) is 2.71. The first-order chi connectivity index (χ1) is 5.84. The summed E-state index contributed by atoms with van der Waals surface area (Å²) in [6, 6.07) is 0.591. The van der Waals surface area contributed by atoms with E-state index in [1.165, 1.54) is 29.3 Å². The molecule has 1 unspecified atom stereocenters. The van der Waals surface area contributed by atoms with Crippen LogP contribution >= 0.6 is 34.7 Å². The van der Waals surface area contributed by atoms with Crippen LogP contribution in [0.15, 0.2) is 5.38 Å². The van der Waals surface area contributed by atoms with E-state index in [0.29, 0.717) is 10.5 Å². The molecule has 1 N–H and O–H groups in total. The van der Waals surface area contributed by atoms with E-state index in [9.17, 15) is 0 Å². The zero-order valence-electron chi connectivity index (χ0n) is 6.42. The molecule has 0 radical (unpaired) electrons. The fraction of sp³-hybridized carbons (Fsp3) is 0.571. The van der Waals surface area contributed by atoms with Crippen LogP contribution in [0.5, 0.6) is 0 Å². The largest absolute Gasteiger partial charge is 0.366 e. The second-order valence-electron chi connectivity index (χ2n) is 2.69. The van der Waals surface area contributed by atoms with Crippen LogP contribution in [-0.2, 0) is 0 Å². The summed E-state index contributed by atoms with van der Waals surface area (Å²) in [7, 11) is 0. The standard InChI is InChI=1S/C7H9ClN2S2/c8-7-10-6(4-12-7)9-5-1-2-11-3-5/h4-5,9H,1-3H2. The monoisotopic (exact) mass is 220 g/mol. The van der Waals surface area contributed by atoms with E-state index in [4.69, 9.17) is 11.6 Å². The molecule has 2 rings (SSSR count). The lowest BCUT2D eigenvalue weighted by molar-refractivity contribution is 0.808. The Balaban J connectivity index is 1.94. The normalized spacial score (nSPS) is 22.9. The molecule has 0 bridgehead atoms. The summed E-state index contributed by atoms with van der Waals surface area (Å²) in [5.74, 6) is 3.38. The van der Waals surface area contributed by atoms with Gasteiger partial charge in [0, 0.05) is 17.2 Å². The van der Waals surface area contributed by atoms with Crippen LogP contribution in [0.25, 0.3) is 0 Å². The van der Waals surface area contributed by atoms with Crippen LogP contribution in [0.3, 0.4) is 0 Å². The van der Waals surface area contributed by atoms with Crippen molar-refractivity contribution in [3.8, 4) is 0 Å². The molecule has 5 heteroatoms. The number of aromatic nitrogens is 1. The van der Waals surface area contributed by atoms with E-state index < -0.39 is 0 Å². The number of thiazole rings is 1. The van der Waals surface area contributed by atoms with Gasteiger partial charge in [0.25, 0.3) is 0 Å². The number of hydrogen-bond donors (Lipinski definition) is 1. The number of halogens is 1. The Labute approximate surface area is 84.7 Å². The summed E-state index contributed by atoms with van der Waals surface area (Å²) in [5, 5.41) is 5.32. The Morgan fingerprint density at radius 1 is 1.67 bits per heavy atom. The minimum atomic E-state index is 0.591. The Hall–Kier alpha value is 0.0700. The van der Waals surface area contributed by atoms with Gasteiger partial charge >= 0.3 is 0 Å². The highest BCUT2D eigenvalue weighted by Crippen LogP contribution is 2.23. The molecule has 0 amide bonds. The van der Waals surface area contributed by atoms with Gasteiger partial charge in [-0.05, 0) is 12.2 Å². The van der Waals surface area contributed by atoms with Crippen molar-refractivity contribution in [2.75, 3.05) is 16.8 Å². The predicted molar refractivity (Wildman–Crippen MR) is 56.5 cm³/mol. The van der Waals surface area contributed by atoms with Crippen molar-refractivity contribution in [2.45, 2.75) is 12.5 Å². The molecule has 1 aliphatic rings. The summed E-state index contributed by atoms with van der Waals surface area (Å²) in [5.41, 5.74) is 0. The van der Waals surface area contributed by atoms with E-state index in [1.54, 1.807) is 0 Å². The molecule has 0 saturated carbocycles. The maximum Gasteiger partial charge on any atom is 0.185 e. The van der Waals surface area contributed by atoms with Crippen molar-refractivity contribution in [3.05, 3.63) is 9.85 Å². The van der Waals surface area contributed by atoms with Gasteiger partial charge in [-0.25, -0.2) is 4.98 Å². The molecule has 1 aromatic heterocycles. The highest BCUT2D eigenvalue weighted by molar-refractivity contribution is 7.99. The number of rotatable bonds is 2. The van der Waals surface area contributed by atoms with Gasteiger partial charge in [-0.1, -0.05) is 11.6 Å². The fourth-order valence-electron chi connectivity index (χ4n) is 1.18. The summed E-state index contributed by atoms with van der Waals surface area (Å²) < 4.78 is 0.614.